The van der Waals surface area contributed by atoms with Crippen molar-refractivity contribution < 1.29 is 28.5 Å². The van der Waals surface area contributed by atoms with E-state index >= 15 is 0 Å². The van der Waals surface area contributed by atoms with Crippen LogP contribution in [0.25, 0.3) is 0 Å². The Hall–Kier alpha value is -1.92. The van der Waals surface area contributed by atoms with Gasteiger partial charge in [0.2, 0.25) is 0 Å². The van der Waals surface area contributed by atoms with Gasteiger partial charge in [-0.15, -0.1) is 0 Å². The lowest BCUT2D eigenvalue weighted by Gasteiger charge is -2.22. The number of benzene rings is 1. The van der Waals surface area contributed by atoms with E-state index in [0.29, 0.717) is 19.6 Å². The number of carbonyl (C=O) groups is 2. The maximum Gasteiger partial charge on any atom is 0.313 e. The van der Waals surface area contributed by atoms with E-state index in [2.05, 4.69) is 12.1 Å². The van der Waals surface area contributed by atoms with Gasteiger partial charge in [0.05, 0.1) is 19.8 Å². The van der Waals surface area contributed by atoms with Crippen LogP contribution >= 0.6 is 0 Å². The maximum absolute atomic E-state index is 11.4. The van der Waals surface area contributed by atoms with E-state index in [4.69, 9.17) is 18.9 Å². The molecule has 0 aromatic heterocycles. The van der Waals surface area contributed by atoms with Gasteiger partial charge in [-0.3, -0.25) is 9.59 Å². The highest BCUT2D eigenvalue weighted by Gasteiger charge is 2.13. The first-order chi connectivity index (χ1) is 14.2. The molecule has 29 heavy (non-hydrogen) atoms. The number of ether oxygens (including phenoxy) is 4. The molecular weight excluding hydrogens is 372 g/mol. The van der Waals surface area contributed by atoms with Gasteiger partial charge in [0, 0.05) is 13.0 Å². The molecule has 1 unspecified atom stereocenters. The van der Waals surface area contributed by atoms with Crippen LogP contribution < -0.4 is 4.74 Å². The second kappa shape index (κ2) is 14.1. The Morgan fingerprint density at radius 2 is 1.83 bits per heavy atom. The van der Waals surface area contributed by atoms with Crippen LogP contribution in [-0.4, -0.2) is 44.5 Å². The average Bonchev–Trinajstić information content (AvgIpc) is 2.75. The van der Waals surface area contributed by atoms with E-state index in [-0.39, 0.29) is 18.5 Å². The van der Waals surface area contributed by atoms with Crippen molar-refractivity contribution in [2.75, 3.05) is 26.4 Å². The molecule has 1 fully saturated rings. The van der Waals surface area contributed by atoms with Crippen molar-refractivity contribution in [3.8, 4) is 5.75 Å². The Morgan fingerprint density at radius 1 is 1.03 bits per heavy atom. The number of hydrogen-bond acceptors (Lipinski definition) is 6. The number of carbonyl (C=O) groups excluding carboxylic acids is 2. The average molecular weight is 407 g/mol. The van der Waals surface area contributed by atoms with Crippen molar-refractivity contribution in [2.45, 2.75) is 71.0 Å². The zero-order valence-corrected chi connectivity index (χ0v) is 17.5. The van der Waals surface area contributed by atoms with Crippen molar-refractivity contribution in [3.05, 3.63) is 29.8 Å². The third-order valence-electron chi connectivity index (χ3n) is 4.78. The van der Waals surface area contributed by atoms with Crippen LogP contribution in [0.3, 0.4) is 0 Å². The minimum Gasteiger partial charge on any atom is -0.494 e. The van der Waals surface area contributed by atoms with Crippen molar-refractivity contribution in [2.24, 2.45) is 0 Å². The second-order valence-corrected chi connectivity index (χ2v) is 7.26. The summed E-state index contributed by atoms with van der Waals surface area (Å²) >= 11 is 0. The van der Waals surface area contributed by atoms with Crippen LogP contribution in [0, 0.1) is 0 Å². The van der Waals surface area contributed by atoms with Crippen LogP contribution in [0.5, 0.6) is 5.75 Å². The lowest BCUT2D eigenvalue weighted by molar-refractivity contribution is -0.162. The van der Waals surface area contributed by atoms with Crippen molar-refractivity contribution >= 4 is 11.8 Å². The monoisotopic (exact) mass is 406 g/mol. The van der Waals surface area contributed by atoms with Crippen LogP contribution in [-0.2, 0) is 30.2 Å². The number of hydrogen-bond donors (Lipinski definition) is 0. The van der Waals surface area contributed by atoms with Crippen LogP contribution in [0.4, 0.5) is 0 Å². The molecule has 0 saturated carbocycles. The van der Waals surface area contributed by atoms with E-state index in [1.165, 1.54) is 12.0 Å². The molecule has 1 aliphatic rings. The number of rotatable bonds is 14. The quantitative estimate of drug-likeness (QED) is 0.262. The minimum atomic E-state index is -0.440. The third-order valence-corrected chi connectivity index (χ3v) is 4.78. The summed E-state index contributed by atoms with van der Waals surface area (Å²) in [7, 11) is 0. The van der Waals surface area contributed by atoms with Gasteiger partial charge in [0.15, 0.2) is 6.29 Å². The van der Waals surface area contributed by atoms with Gasteiger partial charge in [0.25, 0.3) is 0 Å². The predicted molar refractivity (Wildman–Crippen MR) is 110 cm³/mol. The highest BCUT2D eigenvalue weighted by molar-refractivity contribution is 5.95. The molecule has 0 bridgehead atoms. The first-order valence-electron chi connectivity index (χ1n) is 10.8. The lowest BCUT2D eigenvalue weighted by Crippen LogP contribution is -2.22. The summed E-state index contributed by atoms with van der Waals surface area (Å²) in [5.74, 6) is 0.309. The minimum absolute atomic E-state index is 0.0121. The molecule has 0 amide bonds. The number of aryl methyl sites for hydroxylation is 1. The zero-order chi connectivity index (χ0) is 20.7. The fourth-order valence-corrected chi connectivity index (χ4v) is 3.00. The topological polar surface area (TPSA) is 71.1 Å². The van der Waals surface area contributed by atoms with Gasteiger partial charge in [-0.05, 0) is 62.6 Å². The fourth-order valence-electron chi connectivity index (χ4n) is 3.00. The van der Waals surface area contributed by atoms with Crippen LogP contribution in [0.2, 0.25) is 0 Å². The molecule has 1 aromatic rings. The van der Waals surface area contributed by atoms with Crippen LogP contribution in [0.1, 0.15) is 63.9 Å². The zero-order valence-electron chi connectivity index (χ0n) is 17.5. The Bertz CT molecular complexity index is 592. The molecule has 6 heteroatoms. The number of Topliss-reactive ketones (excluding diaryl/α,β-unsaturated/α-hetero) is 1. The van der Waals surface area contributed by atoms with Crippen molar-refractivity contribution in [1.29, 1.82) is 0 Å². The summed E-state index contributed by atoms with van der Waals surface area (Å²) in [5, 5.41) is 0. The van der Waals surface area contributed by atoms with Crippen molar-refractivity contribution in [1.82, 2.24) is 0 Å². The summed E-state index contributed by atoms with van der Waals surface area (Å²) in [4.78, 5) is 22.5. The molecule has 1 heterocycles. The summed E-state index contributed by atoms with van der Waals surface area (Å²) < 4.78 is 22.1. The summed E-state index contributed by atoms with van der Waals surface area (Å²) in [6.45, 7) is 4.17. The van der Waals surface area contributed by atoms with E-state index in [9.17, 15) is 9.59 Å². The molecule has 1 aromatic carbocycles. The van der Waals surface area contributed by atoms with Gasteiger partial charge in [-0.25, -0.2) is 0 Å². The number of unbranched alkanes of at least 4 members (excludes halogenated alkanes) is 1. The SMILES string of the molecule is CCC(=O)CC(=O)OCCCCOc1ccc(CCCOC2CCCCO2)cc1. The highest BCUT2D eigenvalue weighted by atomic mass is 16.7. The lowest BCUT2D eigenvalue weighted by atomic mass is 10.1. The molecular formula is C23H34O6. The maximum atomic E-state index is 11.4. The normalized spacial score (nSPS) is 16.4. The van der Waals surface area contributed by atoms with E-state index in [1.54, 1.807) is 6.92 Å². The Morgan fingerprint density at radius 3 is 2.55 bits per heavy atom. The van der Waals surface area contributed by atoms with Gasteiger partial charge in [-0.2, -0.15) is 0 Å². The number of esters is 1. The van der Waals surface area contributed by atoms with Gasteiger partial charge in [0.1, 0.15) is 18.0 Å². The Kier molecular flexibility index (Phi) is 11.4. The molecule has 0 radical (unpaired) electrons. The van der Waals surface area contributed by atoms with Gasteiger partial charge in [-0.1, -0.05) is 19.1 Å². The molecule has 1 saturated heterocycles. The molecule has 162 valence electrons. The van der Waals surface area contributed by atoms with E-state index in [1.807, 2.05) is 12.1 Å². The molecule has 2 rings (SSSR count). The standard InChI is InChI=1S/C23H34O6/c1-2-20(24)18-22(25)27-15-6-5-14-26-21-12-10-19(11-13-21)8-7-17-29-23-9-3-4-16-28-23/h10-13,23H,2-9,14-18H2,1H3. The first-order valence-corrected chi connectivity index (χ1v) is 10.8. The summed E-state index contributed by atoms with van der Waals surface area (Å²) in [5.41, 5.74) is 1.26. The third kappa shape index (κ3) is 10.4. The van der Waals surface area contributed by atoms with Crippen molar-refractivity contribution in [3.63, 3.8) is 0 Å². The first kappa shape index (κ1) is 23.4. The smallest absolute Gasteiger partial charge is 0.313 e. The molecule has 0 spiro atoms. The molecule has 6 nitrogen and oxygen atoms in total. The van der Waals surface area contributed by atoms with Gasteiger partial charge >= 0.3 is 5.97 Å². The molecule has 1 aliphatic heterocycles. The highest BCUT2D eigenvalue weighted by Crippen LogP contribution is 2.16. The largest absolute Gasteiger partial charge is 0.494 e. The predicted octanol–water partition coefficient (Wildman–Crippen LogP) is 4.23. The van der Waals surface area contributed by atoms with E-state index < -0.39 is 5.97 Å². The summed E-state index contributed by atoms with van der Waals surface area (Å²) in [6.07, 6.45) is 7.02. The number of ketones is 1. The summed E-state index contributed by atoms with van der Waals surface area (Å²) in [6, 6.07) is 8.13. The molecule has 0 aliphatic carbocycles. The van der Waals surface area contributed by atoms with Crippen LogP contribution in [0.15, 0.2) is 24.3 Å². The van der Waals surface area contributed by atoms with E-state index in [0.717, 1.165) is 57.5 Å². The molecule has 0 N–H and O–H groups in total. The van der Waals surface area contributed by atoms with Gasteiger partial charge < -0.3 is 18.9 Å². The molecule has 1 atom stereocenters. The Balaban J connectivity index is 1.49. The second-order valence-electron chi connectivity index (χ2n) is 7.26. The Labute approximate surface area is 173 Å². The fraction of sp³-hybridized carbons (Fsp3) is 0.652.